The van der Waals surface area contributed by atoms with Crippen LogP contribution >= 0.6 is 0 Å². The second-order valence-corrected chi connectivity index (χ2v) is 8.49. The number of halogens is 1. The molecule has 0 saturated heterocycles. The van der Waals surface area contributed by atoms with Gasteiger partial charge in [0.1, 0.15) is 17.9 Å². The number of carbonyl (C=O) groups is 1. The van der Waals surface area contributed by atoms with Gasteiger partial charge in [-0.1, -0.05) is 36.4 Å². The Morgan fingerprint density at radius 3 is 2.66 bits per heavy atom. The zero-order valence-corrected chi connectivity index (χ0v) is 19.3. The summed E-state index contributed by atoms with van der Waals surface area (Å²) in [4.78, 5) is 24.7. The van der Waals surface area contributed by atoms with E-state index >= 15 is 4.39 Å². The van der Waals surface area contributed by atoms with Gasteiger partial charge in [-0.15, -0.1) is 0 Å². The normalized spacial score (nSPS) is 14.5. The number of fused-ring (bicyclic) bond motifs is 1. The zero-order chi connectivity index (χ0) is 24.7. The number of ether oxygens (including phenoxy) is 1. The Labute approximate surface area is 200 Å². The van der Waals surface area contributed by atoms with Crippen LogP contribution in [-0.2, 0) is 0 Å². The lowest BCUT2D eigenvalue weighted by Crippen LogP contribution is -2.28. The van der Waals surface area contributed by atoms with Crippen molar-refractivity contribution in [2.24, 2.45) is 0 Å². The number of rotatable bonds is 7. The Morgan fingerprint density at radius 1 is 1.14 bits per heavy atom. The number of hydrogen-bond donors (Lipinski definition) is 4. The van der Waals surface area contributed by atoms with E-state index in [0.29, 0.717) is 18.6 Å². The van der Waals surface area contributed by atoms with Crippen LogP contribution < -0.4 is 26.1 Å². The number of nitrogens with one attached hydrogen (secondary N) is 3. The maximum absolute atomic E-state index is 15.7. The van der Waals surface area contributed by atoms with Crippen LogP contribution in [0.1, 0.15) is 23.3 Å². The summed E-state index contributed by atoms with van der Waals surface area (Å²) in [5.74, 6) is -1.85. The van der Waals surface area contributed by atoms with Crippen molar-refractivity contribution < 1.29 is 19.0 Å². The summed E-state index contributed by atoms with van der Waals surface area (Å²) < 4.78 is 23.2. The lowest BCUT2D eigenvalue weighted by molar-refractivity contribution is 0.0694. The van der Waals surface area contributed by atoms with Crippen LogP contribution in [0.25, 0.3) is 21.7 Å². The standard InChI is InChI=1S/C26H25FN4O4/c1-14-13-35-25-22(30-11-10-29-18-9-5-7-15-6-3-4-8-16(15)18)20(27)21(28-2)19-23(25)31(14)12-17(24(19)32)26(33)34/h3-9,12,14,28-30H,10-11,13H2,1-2H3,(H,33,34). The lowest BCUT2D eigenvalue weighted by Gasteiger charge is -2.30. The highest BCUT2D eigenvalue weighted by atomic mass is 19.1. The van der Waals surface area contributed by atoms with Gasteiger partial charge in [-0.05, 0) is 18.4 Å². The molecule has 1 aliphatic rings. The number of anilines is 3. The first-order valence-corrected chi connectivity index (χ1v) is 11.4. The monoisotopic (exact) mass is 476 g/mol. The van der Waals surface area contributed by atoms with Crippen molar-refractivity contribution in [3.05, 3.63) is 70.3 Å². The Balaban J connectivity index is 1.51. The molecule has 0 bridgehead atoms. The molecule has 0 amide bonds. The highest BCUT2D eigenvalue weighted by molar-refractivity contribution is 6.04. The molecule has 5 rings (SSSR count). The average molecular weight is 477 g/mol. The molecule has 35 heavy (non-hydrogen) atoms. The molecule has 1 aliphatic heterocycles. The van der Waals surface area contributed by atoms with E-state index in [2.05, 4.69) is 16.0 Å². The van der Waals surface area contributed by atoms with Crippen LogP contribution in [0, 0.1) is 5.82 Å². The maximum Gasteiger partial charge on any atom is 0.341 e. The minimum atomic E-state index is -1.36. The highest BCUT2D eigenvalue weighted by Crippen LogP contribution is 2.44. The number of carboxylic acids is 1. The van der Waals surface area contributed by atoms with Gasteiger partial charge in [-0.3, -0.25) is 4.79 Å². The van der Waals surface area contributed by atoms with Crippen LogP contribution in [0.3, 0.4) is 0 Å². The molecular weight excluding hydrogens is 451 g/mol. The summed E-state index contributed by atoms with van der Waals surface area (Å²) in [6.45, 7) is 2.94. The van der Waals surface area contributed by atoms with Gasteiger partial charge in [0.05, 0.1) is 22.6 Å². The van der Waals surface area contributed by atoms with E-state index in [1.807, 2.05) is 49.4 Å². The topological polar surface area (TPSA) is 105 Å². The van der Waals surface area contributed by atoms with Crippen molar-refractivity contribution in [1.82, 2.24) is 4.57 Å². The second-order valence-electron chi connectivity index (χ2n) is 8.49. The predicted octanol–water partition coefficient (Wildman–Crippen LogP) is 4.51. The molecule has 2 heterocycles. The molecule has 0 fully saturated rings. The van der Waals surface area contributed by atoms with Crippen molar-refractivity contribution in [2.45, 2.75) is 13.0 Å². The molecule has 8 nitrogen and oxygen atoms in total. The van der Waals surface area contributed by atoms with Crippen molar-refractivity contribution >= 4 is 44.7 Å². The SMILES string of the molecule is CNc1c(F)c(NCCNc2cccc3ccccc23)c2c3c1c(=O)c(C(=O)O)cn3C(C)CO2. The first-order valence-electron chi connectivity index (χ1n) is 11.4. The van der Waals surface area contributed by atoms with Gasteiger partial charge in [-0.25, -0.2) is 9.18 Å². The van der Waals surface area contributed by atoms with Gasteiger partial charge in [0, 0.05) is 37.4 Å². The van der Waals surface area contributed by atoms with Crippen LogP contribution in [-0.4, -0.2) is 42.4 Å². The molecule has 4 aromatic rings. The van der Waals surface area contributed by atoms with Crippen LogP contribution in [0.4, 0.5) is 21.5 Å². The van der Waals surface area contributed by atoms with E-state index in [-0.39, 0.29) is 35.2 Å². The van der Waals surface area contributed by atoms with Crippen molar-refractivity contribution in [1.29, 1.82) is 0 Å². The Bertz CT molecular complexity index is 1530. The first-order chi connectivity index (χ1) is 16.9. The third-order valence-corrected chi connectivity index (χ3v) is 6.32. The molecule has 0 radical (unpaired) electrons. The zero-order valence-electron chi connectivity index (χ0n) is 19.3. The number of benzene rings is 3. The largest absolute Gasteiger partial charge is 0.487 e. The summed E-state index contributed by atoms with van der Waals surface area (Å²) in [6.07, 6.45) is 1.31. The van der Waals surface area contributed by atoms with Gasteiger partial charge >= 0.3 is 5.97 Å². The van der Waals surface area contributed by atoms with Crippen molar-refractivity contribution in [3.8, 4) is 5.75 Å². The van der Waals surface area contributed by atoms with Crippen molar-refractivity contribution in [3.63, 3.8) is 0 Å². The quantitative estimate of drug-likeness (QED) is 0.291. The molecule has 1 atom stereocenters. The summed E-state index contributed by atoms with van der Waals surface area (Å²) >= 11 is 0. The fourth-order valence-corrected chi connectivity index (χ4v) is 4.63. The first kappa shape index (κ1) is 22.5. The van der Waals surface area contributed by atoms with E-state index in [1.54, 1.807) is 4.57 Å². The maximum atomic E-state index is 15.7. The van der Waals surface area contributed by atoms with Gasteiger partial charge in [0.2, 0.25) is 5.43 Å². The van der Waals surface area contributed by atoms with E-state index in [1.165, 1.54) is 13.2 Å². The summed E-state index contributed by atoms with van der Waals surface area (Å²) in [5, 5.41) is 21.0. The molecule has 0 saturated carbocycles. The fourth-order valence-electron chi connectivity index (χ4n) is 4.63. The van der Waals surface area contributed by atoms with Gasteiger partial charge in [-0.2, -0.15) is 0 Å². The number of hydrogen-bond acceptors (Lipinski definition) is 6. The smallest absolute Gasteiger partial charge is 0.341 e. The van der Waals surface area contributed by atoms with Crippen LogP contribution in [0.15, 0.2) is 53.5 Å². The molecule has 4 N–H and O–H groups in total. The third kappa shape index (κ3) is 3.69. The fraction of sp³-hybridized carbons (Fsp3) is 0.231. The molecule has 0 aliphatic carbocycles. The number of nitrogens with zero attached hydrogens (tertiary/aromatic N) is 1. The predicted molar refractivity (Wildman–Crippen MR) is 136 cm³/mol. The minimum absolute atomic E-state index is 0.0362. The Morgan fingerprint density at radius 2 is 1.89 bits per heavy atom. The number of pyridine rings is 1. The number of carboxylic acid groups (broad SMARTS) is 1. The summed E-state index contributed by atoms with van der Waals surface area (Å²) in [7, 11) is 1.50. The molecule has 180 valence electrons. The lowest BCUT2D eigenvalue weighted by atomic mass is 10.0. The third-order valence-electron chi connectivity index (χ3n) is 6.32. The molecule has 9 heteroatoms. The number of aromatic nitrogens is 1. The summed E-state index contributed by atoms with van der Waals surface area (Å²) in [6, 6.07) is 13.8. The van der Waals surface area contributed by atoms with E-state index < -0.39 is 22.8 Å². The summed E-state index contributed by atoms with van der Waals surface area (Å²) in [5.41, 5.74) is 0.246. The van der Waals surface area contributed by atoms with Crippen LogP contribution in [0.2, 0.25) is 0 Å². The Kier molecular flexibility index (Phi) is 5.68. The van der Waals surface area contributed by atoms with E-state index in [0.717, 1.165) is 16.5 Å². The van der Waals surface area contributed by atoms with Gasteiger partial charge in [0.25, 0.3) is 0 Å². The molecule has 3 aromatic carbocycles. The van der Waals surface area contributed by atoms with Crippen molar-refractivity contribution in [2.75, 3.05) is 42.7 Å². The molecule has 0 spiro atoms. The van der Waals surface area contributed by atoms with Gasteiger partial charge < -0.3 is 30.4 Å². The van der Waals surface area contributed by atoms with E-state index in [4.69, 9.17) is 4.74 Å². The minimum Gasteiger partial charge on any atom is -0.487 e. The van der Waals surface area contributed by atoms with Gasteiger partial charge in [0.15, 0.2) is 11.6 Å². The highest BCUT2D eigenvalue weighted by Gasteiger charge is 2.31. The van der Waals surface area contributed by atoms with E-state index in [9.17, 15) is 14.7 Å². The Hall–Kier alpha value is -4.27. The average Bonchev–Trinajstić information content (AvgIpc) is 2.85. The molecular formula is C26H25FN4O4. The number of aromatic carboxylic acids is 1. The van der Waals surface area contributed by atoms with Crippen LogP contribution in [0.5, 0.6) is 5.75 Å². The molecule has 1 unspecified atom stereocenters. The second kappa shape index (κ2) is 8.83. The molecule has 1 aromatic heterocycles.